The Morgan fingerprint density at radius 1 is 1.33 bits per heavy atom. The minimum Gasteiger partial charge on any atom is -0.341 e. The van der Waals surface area contributed by atoms with Crippen LogP contribution in [0.5, 0.6) is 0 Å². The van der Waals surface area contributed by atoms with Gasteiger partial charge < -0.3 is 15.2 Å². The molecule has 3 unspecified atom stereocenters. The number of piperidine rings is 1. The van der Waals surface area contributed by atoms with Gasteiger partial charge in [0, 0.05) is 12.6 Å². The first-order valence-electron chi connectivity index (χ1n) is 8.02. The van der Waals surface area contributed by atoms with Gasteiger partial charge in [-0.1, -0.05) is 12.1 Å². The van der Waals surface area contributed by atoms with Crippen LogP contribution in [-0.2, 0) is 0 Å². The van der Waals surface area contributed by atoms with Crippen molar-refractivity contribution in [2.75, 3.05) is 20.1 Å². The summed E-state index contributed by atoms with van der Waals surface area (Å²) in [5.74, 6) is 1.77. The van der Waals surface area contributed by atoms with E-state index in [4.69, 9.17) is 4.98 Å². The van der Waals surface area contributed by atoms with E-state index in [2.05, 4.69) is 48.2 Å². The van der Waals surface area contributed by atoms with Crippen molar-refractivity contribution in [3.8, 4) is 0 Å². The third-order valence-corrected chi connectivity index (χ3v) is 4.70. The molecule has 1 aromatic heterocycles. The number of nitrogens with one attached hydrogen (secondary N) is 2. The number of likely N-dealkylation sites (tertiary alicyclic amines) is 1. The maximum Gasteiger partial charge on any atom is 0.124 e. The molecule has 1 saturated heterocycles. The second kappa shape index (κ2) is 6.16. The van der Waals surface area contributed by atoms with E-state index in [-0.39, 0.29) is 6.04 Å². The standard InChI is InChI=1S/C17H26N4/c1-12(14-7-6-10-21(3)11-14)18-13(2)17-19-15-8-4-5-9-16(15)20-17/h4-5,8-9,12-14,18H,6-7,10-11H2,1-3H3,(H,19,20). The van der Waals surface area contributed by atoms with Crippen LogP contribution < -0.4 is 5.32 Å². The minimum atomic E-state index is 0.250. The average Bonchev–Trinajstić information content (AvgIpc) is 2.91. The largest absolute Gasteiger partial charge is 0.341 e. The lowest BCUT2D eigenvalue weighted by Crippen LogP contribution is -2.43. The van der Waals surface area contributed by atoms with Gasteiger partial charge in [-0.3, -0.25) is 0 Å². The molecule has 1 aliphatic heterocycles. The van der Waals surface area contributed by atoms with E-state index >= 15 is 0 Å². The van der Waals surface area contributed by atoms with Crippen LogP contribution in [0, 0.1) is 5.92 Å². The summed E-state index contributed by atoms with van der Waals surface area (Å²) in [7, 11) is 2.22. The molecule has 0 aliphatic carbocycles. The van der Waals surface area contributed by atoms with Gasteiger partial charge in [0.1, 0.15) is 5.82 Å². The quantitative estimate of drug-likeness (QED) is 0.908. The lowest BCUT2D eigenvalue weighted by molar-refractivity contribution is 0.173. The van der Waals surface area contributed by atoms with Crippen molar-refractivity contribution in [3.63, 3.8) is 0 Å². The molecule has 3 rings (SSSR count). The molecule has 2 N–H and O–H groups in total. The van der Waals surface area contributed by atoms with E-state index < -0.39 is 0 Å². The fourth-order valence-corrected chi connectivity index (χ4v) is 3.40. The second-order valence-corrected chi connectivity index (χ2v) is 6.48. The van der Waals surface area contributed by atoms with Crippen molar-refractivity contribution in [1.82, 2.24) is 20.2 Å². The molecule has 1 fully saturated rings. The summed E-state index contributed by atoms with van der Waals surface area (Å²) in [5.41, 5.74) is 2.16. The molecule has 21 heavy (non-hydrogen) atoms. The zero-order chi connectivity index (χ0) is 14.8. The number of fused-ring (bicyclic) bond motifs is 1. The molecule has 2 heterocycles. The topological polar surface area (TPSA) is 44.0 Å². The Hall–Kier alpha value is -1.39. The third-order valence-electron chi connectivity index (χ3n) is 4.70. The number of nitrogens with zero attached hydrogens (tertiary/aromatic N) is 2. The predicted octanol–water partition coefficient (Wildman–Crippen LogP) is 2.94. The van der Waals surface area contributed by atoms with Gasteiger partial charge in [-0.2, -0.15) is 0 Å². The molecule has 0 radical (unpaired) electrons. The van der Waals surface area contributed by atoms with Crippen molar-refractivity contribution >= 4 is 11.0 Å². The van der Waals surface area contributed by atoms with Crippen LogP contribution in [0.25, 0.3) is 11.0 Å². The van der Waals surface area contributed by atoms with Crippen LogP contribution in [0.1, 0.15) is 38.6 Å². The highest BCUT2D eigenvalue weighted by atomic mass is 15.1. The van der Waals surface area contributed by atoms with Gasteiger partial charge in [0.2, 0.25) is 0 Å². The van der Waals surface area contributed by atoms with Gasteiger partial charge in [0.25, 0.3) is 0 Å². The van der Waals surface area contributed by atoms with Crippen molar-refractivity contribution in [2.24, 2.45) is 5.92 Å². The van der Waals surface area contributed by atoms with Crippen LogP contribution in [0.3, 0.4) is 0 Å². The monoisotopic (exact) mass is 286 g/mol. The molecular formula is C17H26N4. The Morgan fingerprint density at radius 3 is 2.90 bits per heavy atom. The number of H-pyrrole nitrogens is 1. The zero-order valence-corrected chi connectivity index (χ0v) is 13.3. The van der Waals surface area contributed by atoms with Crippen LogP contribution in [0.4, 0.5) is 0 Å². The first kappa shape index (κ1) is 14.5. The number of benzene rings is 1. The normalized spacial score (nSPS) is 23.3. The van der Waals surface area contributed by atoms with Crippen LogP contribution in [-0.4, -0.2) is 41.0 Å². The highest BCUT2D eigenvalue weighted by molar-refractivity contribution is 5.74. The number of imidazole rings is 1. The van der Waals surface area contributed by atoms with Crippen molar-refractivity contribution < 1.29 is 0 Å². The number of hydrogen-bond donors (Lipinski definition) is 2. The molecule has 2 aromatic rings. The average molecular weight is 286 g/mol. The summed E-state index contributed by atoms with van der Waals surface area (Å²) < 4.78 is 0. The SMILES string of the molecule is CC(NC(C)C1CCCN(C)C1)c1nc2ccccc2[nH]1. The molecular weight excluding hydrogens is 260 g/mol. The number of aromatic nitrogens is 2. The fourth-order valence-electron chi connectivity index (χ4n) is 3.40. The maximum absolute atomic E-state index is 4.70. The number of rotatable bonds is 4. The van der Waals surface area contributed by atoms with Crippen LogP contribution in [0.15, 0.2) is 24.3 Å². The van der Waals surface area contributed by atoms with Gasteiger partial charge >= 0.3 is 0 Å². The van der Waals surface area contributed by atoms with Gasteiger partial charge in [-0.05, 0) is 58.3 Å². The molecule has 0 saturated carbocycles. The highest BCUT2D eigenvalue weighted by Crippen LogP contribution is 2.21. The van der Waals surface area contributed by atoms with Gasteiger partial charge in [0.15, 0.2) is 0 Å². The Morgan fingerprint density at radius 2 is 2.14 bits per heavy atom. The number of para-hydroxylation sites is 2. The fraction of sp³-hybridized carbons (Fsp3) is 0.588. The molecule has 0 spiro atoms. The van der Waals surface area contributed by atoms with Crippen LogP contribution >= 0.6 is 0 Å². The molecule has 114 valence electrons. The molecule has 4 nitrogen and oxygen atoms in total. The predicted molar refractivity (Wildman–Crippen MR) is 87.3 cm³/mol. The van der Waals surface area contributed by atoms with E-state index in [1.165, 1.54) is 25.9 Å². The van der Waals surface area contributed by atoms with E-state index in [1.54, 1.807) is 0 Å². The van der Waals surface area contributed by atoms with E-state index in [0.717, 1.165) is 22.8 Å². The summed E-state index contributed by atoms with van der Waals surface area (Å²) in [5, 5.41) is 3.73. The number of hydrogen-bond acceptors (Lipinski definition) is 3. The van der Waals surface area contributed by atoms with Crippen molar-refractivity contribution in [2.45, 2.75) is 38.8 Å². The molecule has 3 atom stereocenters. The summed E-state index contributed by atoms with van der Waals surface area (Å²) in [4.78, 5) is 10.6. The Bertz CT molecular complexity index is 558. The summed E-state index contributed by atoms with van der Waals surface area (Å²) in [6, 6.07) is 8.98. The minimum absolute atomic E-state index is 0.250. The zero-order valence-electron chi connectivity index (χ0n) is 13.3. The Labute approximate surface area is 126 Å². The van der Waals surface area contributed by atoms with Gasteiger partial charge in [-0.15, -0.1) is 0 Å². The lowest BCUT2D eigenvalue weighted by atomic mass is 9.91. The summed E-state index contributed by atoms with van der Waals surface area (Å²) in [6.07, 6.45) is 2.64. The molecule has 0 bridgehead atoms. The van der Waals surface area contributed by atoms with Crippen LogP contribution in [0.2, 0.25) is 0 Å². The third kappa shape index (κ3) is 3.27. The molecule has 0 amide bonds. The van der Waals surface area contributed by atoms with Crippen molar-refractivity contribution in [1.29, 1.82) is 0 Å². The first-order chi connectivity index (χ1) is 10.1. The Kier molecular flexibility index (Phi) is 4.27. The summed E-state index contributed by atoms with van der Waals surface area (Å²) in [6.45, 7) is 6.94. The summed E-state index contributed by atoms with van der Waals surface area (Å²) >= 11 is 0. The number of aromatic amines is 1. The molecule has 1 aliphatic rings. The van der Waals surface area contributed by atoms with Gasteiger partial charge in [0.05, 0.1) is 17.1 Å². The van der Waals surface area contributed by atoms with Crippen molar-refractivity contribution in [3.05, 3.63) is 30.1 Å². The molecule has 1 aromatic carbocycles. The second-order valence-electron chi connectivity index (χ2n) is 6.48. The van der Waals surface area contributed by atoms with E-state index in [9.17, 15) is 0 Å². The highest BCUT2D eigenvalue weighted by Gasteiger charge is 2.24. The smallest absolute Gasteiger partial charge is 0.124 e. The van der Waals surface area contributed by atoms with E-state index in [0.29, 0.717) is 6.04 Å². The first-order valence-corrected chi connectivity index (χ1v) is 8.02. The van der Waals surface area contributed by atoms with E-state index in [1.807, 2.05) is 12.1 Å². The van der Waals surface area contributed by atoms with Gasteiger partial charge in [-0.25, -0.2) is 4.98 Å². The Balaban J connectivity index is 1.66. The lowest BCUT2D eigenvalue weighted by Gasteiger charge is -2.35. The maximum atomic E-state index is 4.70. The molecule has 4 heteroatoms.